The maximum atomic E-state index is 5.32. The molecule has 0 saturated carbocycles. The second kappa shape index (κ2) is 13.7. The molecule has 0 atom stereocenters. The van der Waals surface area contributed by atoms with Crippen molar-refractivity contribution in [1.82, 2.24) is 15.0 Å². The zero-order valence-corrected chi connectivity index (χ0v) is 28.4. The van der Waals surface area contributed by atoms with Gasteiger partial charge in [0.2, 0.25) is 0 Å². The van der Waals surface area contributed by atoms with Gasteiger partial charge in [-0.2, -0.15) is 0 Å². The van der Waals surface area contributed by atoms with E-state index < -0.39 is 0 Å². The summed E-state index contributed by atoms with van der Waals surface area (Å²) in [5.74, 6) is 1.88. The Morgan fingerprint density at radius 1 is 0.212 bits per heavy atom. The highest BCUT2D eigenvalue weighted by Gasteiger charge is 2.20. The van der Waals surface area contributed by atoms with Crippen molar-refractivity contribution in [1.29, 1.82) is 0 Å². The van der Waals surface area contributed by atoms with E-state index in [2.05, 4.69) is 194 Å². The van der Waals surface area contributed by atoms with E-state index in [-0.39, 0.29) is 0 Å². The van der Waals surface area contributed by atoms with Crippen LogP contribution in [0.25, 0.3) is 89.4 Å². The third kappa shape index (κ3) is 5.95. The smallest absolute Gasteiger partial charge is 0.164 e. The molecule has 9 aromatic rings. The molecule has 3 nitrogen and oxygen atoms in total. The number of hydrogen-bond donors (Lipinski definition) is 0. The molecule has 244 valence electrons. The van der Waals surface area contributed by atoms with Crippen LogP contribution in [0.3, 0.4) is 0 Å². The first kappa shape index (κ1) is 31.0. The second-order valence-electron chi connectivity index (χ2n) is 12.8. The lowest BCUT2D eigenvalue weighted by Crippen LogP contribution is -2.02. The fourth-order valence-corrected chi connectivity index (χ4v) is 7.06. The minimum absolute atomic E-state index is 0.625. The Balaban J connectivity index is 1.28. The first-order valence-corrected chi connectivity index (χ1v) is 17.5. The van der Waals surface area contributed by atoms with Crippen molar-refractivity contribution in [3.05, 3.63) is 200 Å². The van der Waals surface area contributed by atoms with Gasteiger partial charge in [-0.15, -0.1) is 0 Å². The summed E-state index contributed by atoms with van der Waals surface area (Å²) in [6.07, 6.45) is 0. The first-order valence-electron chi connectivity index (χ1n) is 17.5. The molecule has 0 fully saturated rings. The maximum Gasteiger partial charge on any atom is 0.164 e. The van der Waals surface area contributed by atoms with Crippen LogP contribution in [0, 0.1) is 0 Å². The summed E-state index contributed by atoms with van der Waals surface area (Å²) in [4.78, 5) is 15.8. The van der Waals surface area contributed by atoms with Gasteiger partial charge >= 0.3 is 0 Å². The fourth-order valence-electron chi connectivity index (χ4n) is 7.06. The number of benzene rings is 8. The number of aromatic nitrogens is 3. The lowest BCUT2D eigenvalue weighted by atomic mass is 9.90. The molecule has 0 aliphatic heterocycles. The number of nitrogens with zero attached hydrogens (tertiary/aromatic N) is 3. The molecule has 1 heterocycles. The predicted molar refractivity (Wildman–Crippen MR) is 215 cm³/mol. The van der Waals surface area contributed by atoms with Gasteiger partial charge in [0.25, 0.3) is 0 Å². The van der Waals surface area contributed by atoms with Crippen LogP contribution in [-0.4, -0.2) is 15.0 Å². The van der Waals surface area contributed by atoms with Gasteiger partial charge in [0, 0.05) is 22.3 Å². The molecular weight excluding hydrogens is 631 g/mol. The minimum atomic E-state index is 0.625. The van der Waals surface area contributed by atoms with Gasteiger partial charge in [-0.25, -0.2) is 15.0 Å². The molecular formula is C49H33N3. The van der Waals surface area contributed by atoms with Crippen LogP contribution < -0.4 is 0 Å². The van der Waals surface area contributed by atoms with Crippen molar-refractivity contribution in [2.24, 2.45) is 0 Å². The quantitative estimate of drug-likeness (QED) is 0.170. The molecule has 0 aliphatic rings. The molecule has 3 heteroatoms. The molecule has 0 saturated heterocycles. The van der Waals surface area contributed by atoms with Crippen LogP contribution in [0.4, 0.5) is 0 Å². The van der Waals surface area contributed by atoms with Gasteiger partial charge in [0.1, 0.15) is 0 Å². The lowest BCUT2D eigenvalue weighted by Gasteiger charge is -2.17. The highest BCUT2D eigenvalue weighted by molar-refractivity contribution is 6.04. The number of rotatable bonds is 7. The van der Waals surface area contributed by atoms with E-state index in [4.69, 9.17) is 15.0 Å². The maximum absolute atomic E-state index is 5.32. The van der Waals surface area contributed by atoms with Crippen molar-refractivity contribution in [2.75, 3.05) is 0 Å². The fraction of sp³-hybridized carbons (Fsp3) is 0. The molecule has 0 radical (unpaired) electrons. The highest BCUT2D eigenvalue weighted by Crippen LogP contribution is 2.41. The standard InChI is InChI=1S/C49H33N3/c1-5-16-34(17-6-1)35-28-30-39(31-29-35)47-50-48(44-33-32-40(36-18-7-2-8-19-36)42-24-13-14-25-43(42)44)52-49(51-47)45-27-15-26-41(37-20-9-3-10-21-37)46(45)38-22-11-4-12-23-38/h1-33H. The van der Waals surface area contributed by atoms with Crippen LogP contribution in [0.15, 0.2) is 200 Å². The summed E-state index contributed by atoms with van der Waals surface area (Å²) in [7, 11) is 0. The van der Waals surface area contributed by atoms with Gasteiger partial charge in [-0.05, 0) is 55.8 Å². The molecule has 0 aliphatic carbocycles. The third-order valence-electron chi connectivity index (χ3n) is 9.59. The number of hydrogen-bond acceptors (Lipinski definition) is 3. The first-order chi connectivity index (χ1) is 25.8. The SMILES string of the molecule is c1ccc(-c2ccc(-c3nc(-c4cccc(-c5ccccc5)c4-c4ccccc4)nc(-c4ccc(-c5ccccc5)c5ccccc45)n3)cc2)cc1. The topological polar surface area (TPSA) is 38.7 Å². The number of fused-ring (bicyclic) bond motifs is 1. The minimum Gasteiger partial charge on any atom is -0.208 e. The van der Waals surface area contributed by atoms with Crippen LogP contribution in [-0.2, 0) is 0 Å². The van der Waals surface area contributed by atoms with Crippen LogP contribution >= 0.6 is 0 Å². The molecule has 0 N–H and O–H groups in total. The Morgan fingerprint density at radius 3 is 1.23 bits per heavy atom. The van der Waals surface area contributed by atoms with Crippen LogP contribution in [0.1, 0.15) is 0 Å². The zero-order valence-electron chi connectivity index (χ0n) is 28.4. The van der Waals surface area contributed by atoms with E-state index in [0.717, 1.165) is 55.3 Å². The van der Waals surface area contributed by atoms with Crippen LogP contribution in [0.2, 0.25) is 0 Å². The molecule has 52 heavy (non-hydrogen) atoms. The lowest BCUT2D eigenvalue weighted by molar-refractivity contribution is 1.08. The largest absolute Gasteiger partial charge is 0.208 e. The Hall–Kier alpha value is -6.97. The van der Waals surface area contributed by atoms with Crippen molar-refractivity contribution >= 4 is 10.8 Å². The molecule has 0 unspecified atom stereocenters. The zero-order chi connectivity index (χ0) is 34.7. The van der Waals surface area contributed by atoms with E-state index in [1.54, 1.807) is 0 Å². The van der Waals surface area contributed by atoms with Crippen molar-refractivity contribution in [3.63, 3.8) is 0 Å². The predicted octanol–water partition coefficient (Wildman–Crippen LogP) is 12.7. The summed E-state index contributed by atoms with van der Waals surface area (Å²) in [6, 6.07) is 69.8. The summed E-state index contributed by atoms with van der Waals surface area (Å²) in [5.41, 5.74) is 11.9. The van der Waals surface area contributed by atoms with Gasteiger partial charge in [0.05, 0.1) is 0 Å². The van der Waals surface area contributed by atoms with Crippen molar-refractivity contribution in [2.45, 2.75) is 0 Å². The second-order valence-corrected chi connectivity index (χ2v) is 12.8. The van der Waals surface area contributed by atoms with Crippen molar-refractivity contribution < 1.29 is 0 Å². The summed E-state index contributed by atoms with van der Waals surface area (Å²) >= 11 is 0. The van der Waals surface area contributed by atoms with E-state index >= 15 is 0 Å². The van der Waals surface area contributed by atoms with Crippen LogP contribution in [0.5, 0.6) is 0 Å². The molecule has 0 bridgehead atoms. The normalized spacial score (nSPS) is 11.1. The van der Waals surface area contributed by atoms with Gasteiger partial charge in [-0.1, -0.05) is 194 Å². The average molecular weight is 664 g/mol. The van der Waals surface area contributed by atoms with E-state index in [1.807, 2.05) is 6.07 Å². The Morgan fingerprint density at radius 2 is 0.615 bits per heavy atom. The molecule has 0 spiro atoms. The molecule has 8 aromatic carbocycles. The van der Waals surface area contributed by atoms with Crippen molar-refractivity contribution in [3.8, 4) is 78.7 Å². The summed E-state index contributed by atoms with van der Waals surface area (Å²) in [6.45, 7) is 0. The van der Waals surface area contributed by atoms with E-state index in [9.17, 15) is 0 Å². The molecule has 1 aromatic heterocycles. The van der Waals surface area contributed by atoms with E-state index in [0.29, 0.717) is 17.5 Å². The van der Waals surface area contributed by atoms with Gasteiger partial charge in [0.15, 0.2) is 17.5 Å². The molecule has 9 rings (SSSR count). The highest BCUT2D eigenvalue weighted by atomic mass is 15.0. The van der Waals surface area contributed by atoms with Gasteiger partial charge < -0.3 is 0 Å². The third-order valence-corrected chi connectivity index (χ3v) is 9.59. The average Bonchev–Trinajstić information content (AvgIpc) is 3.24. The van der Waals surface area contributed by atoms with Gasteiger partial charge in [-0.3, -0.25) is 0 Å². The summed E-state index contributed by atoms with van der Waals surface area (Å²) in [5, 5.41) is 2.24. The monoisotopic (exact) mass is 663 g/mol. The molecule has 0 amide bonds. The van der Waals surface area contributed by atoms with E-state index in [1.165, 1.54) is 16.7 Å². The Bertz CT molecular complexity index is 2640. The Labute approximate surface area is 303 Å². The Kier molecular flexibility index (Phi) is 8.20. The summed E-state index contributed by atoms with van der Waals surface area (Å²) < 4.78 is 0.